The molecule has 0 saturated carbocycles. The Morgan fingerprint density at radius 1 is 1.60 bits per heavy atom. The predicted octanol–water partition coefficient (Wildman–Crippen LogP) is 2.30. The molecule has 1 aromatic carbocycles. The lowest BCUT2D eigenvalue weighted by atomic mass is 9.94. The first kappa shape index (κ1) is 10.4. The number of benzene rings is 1. The fourth-order valence-electron chi connectivity index (χ4n) is 1.99. The van der Waals surface area contributed by atoms with Crippen molar-refractivity contribution in [3.63, 3.8) is 0 Å². The van der Waals surface area contributed by atoms with Crippen molar-refractivity contribution in [2.45, 2.75) is 25.3 Å². The van der Waals surface area contributed by atoms with Crippen molar-refractivity contribution in [3.8, 4) is 5.75 Å². The van der Waals surface area contributed by atoms with Crippen LogP contribution in [-0.2, 0) is 0 Å². The van der Waals surface area contributed by atoms with Crippen LogP contribution in [0.15, 0.2) is 18.2 Å². The molecule has 2 rings (SSSR count). The average Bonchev–Trinajstić information content (AvgIpc) is 2.61. The quantitative estimate of drug-likeness (QED) is 0.824. The molecule has 0 aliphatic carbocycles. The number of hydrogen-bond acceptors (Lipinski definition) is 2. The lowest BCUT2D eigenvalue weighted by molar-refractivity contribution is 0.316. The van der Waals surface area contributed by atoms with Crippen molar-refractivity contribution in [1.82, 2.24) is 5.32 Å². The van der Waals surface area contributed by atoms with Gasteiger partial charge in [0.1, 0.15) is 11.6 Å². The Morgan fingerprint density at radius 2 is 2.40 bits per heavy atom. The summed E-state index contributed by atoms with van der Waals surface area (Å²) < 4.78 is 18.6. The molecule has 3 heteroatoms. The number of halogens is 1. The number of nitrogens with one attached hydrogen (secondary N) is 1. The predicted molar refractivity (Wildman–Crippen MR) is 57.8 cm³/mol. The normalized spacial score (nSPS) is 20.9. The van der Waals surface area contributed by atoms with Crippen LogP contribution < -0.4 is 10.1 Å². The van der Waals surface area contributed by atoms with E-state index in [1.165, 1.54) is 6.07 Å². The number of ether oxygens (including phenoxy) is 1. The molecule has 0 aromatic heterocycles. The van der Waals surface area contributed by atoms with Crippen LogP contribution in [0.5, 0.6) is 5.75 Å². The third-order valence-corrected chi connectivity index (χ3v) is 2.98. The monoisotopic (exact) mass is 209 g/mol. The molecule has 1 N–H and O–H groups in total. The Hall–Kier alpha value is -1.09. The van der Waals surface area contributed by atoms with Gasteiger partial charge in [0.15, 0.2) is 0 Å². The third kappa shape index (κ3) is 2.12. The minimum atomic E-state index is -0.179. The topological polar surface area (TPSA) is 21.3 Å². The molecule has 0 fully saturated rings. The van der Waals surface area contributed by atoms with E-state index in [0.29, 0.717) is 18.6 Å². The van der Waals surface area contributed by atoms with Crippen LogP contribution in [0.25, 0.3) is 0 Å². The lowest BCUT2D eigenvalue weighted by Gasteiger charge is -2.14. The van der Waals surface area contributed by atoms with Crippen LogP contribution in [-0.4, -0.2) is 19.7 Å². The molecule has 1 aromatic rings. The van der Waals surface area contributed by atoms with Crippen molar-refractivity contribution < 1.29 is 9.13 Å². The average molecular weight is 209 g/mol. The fourth-order valence-corrected chi connectivity index (χ4v) is 1.99. The van der Waals surface area contributed by atoms with Gasteiger partial charge in [-0.3, -0.25) is 0 Å². The number of rotatable bonds is 3. The molecule has 1 aliphatic rings. The van der Waals surface area contributed by atoms with Crippen molar-refractivity contribution >= 4 is 0 Å². The SMILES string of the molecule is CNC(C)CC1COc2ccc(F)cc21. The van der Waals surface area contributed by atoms with Crippen LogP contribution in [0.1, 0.15) is 24.8 Å². The molecule has 0 saturated heterocycles. The summed E-state index contributed by atoms with van der Waals surface area (Å²) in [4.78, 5) is 0. The van der Waals surface area contributed by atoms with Crippen LogP contribution in [0.3, 0.4) is 0 Å². The number of fused-ring (bicyclic) bond motifs is 1. The highest BCUT2D eigenvalue weighted by atomic mass is 19.1. The third-order valence-electron chi connectivity index (χ3n) is 2.98. The molecular formula is C12H16FNO. The first-order valence-corrected chi connectivity index (χ1v) is 5.30. The summed E-state index contributed by atoms with van der Waals surface area (Å²) in [6.45, 7) is 2.79. The van der Waals surface area contributed by atoms with E-state index in [1.807, 2.05) is 7.05 Å². The van der Waals surface area contributed by atoms with Gasteiger partial charge in [-0.15, -0.1) is 0 Å². The largest absolute Gasteiger partial charge is 0.493 e. The second-order valence-corrected chi connectivity index (χ2v) is 4.12. The van der Waals surface area contributed by atoms with E-state index >= 15 is 0 Å². The second-order valence-electron chi connectivity index (χ2n) is 4.12. The molecular weight excluding hydrogens is 193 g/mol. The zero-order valence-electron chi connectivity index (χ0n) is 9.09. The first-order valence-electron chi connectivity index (χ1n) is 5.30. The molecule has 82 valence electrons. The fraction of sp³-hybridized carbons (Fsp3) is 0.500. The smallest absolute Gasteiger partial charge is 0.123 e. The summed E-state index contributed by atoms with van der Waals surface area (Å²) in [6, 6.07) is 5.18. The highest BCUT2D eigenvalue weighted by Gasteiger charge is 2.25. The van der Waals surface area contributed by atoms with E-state index in [-0.39, 0.29) is 5.82 Å². The van der Waals surface area contributed by atoms with E-state index in [4.69, 9.17) is 4.74 Å². The van der Waals surface area contributed by atoms with Gasteiger partial charge in [-0.05, 0) is 38.6 Å². The molecule has 15 heavy (non-hydrogen) atoms. The molecule has 0 amide bonds. The van der Waals surface area contributed by atoms with E-state index in [9.17, 15) is 4.39 Å². The van der Waals surface area contributed by atoms with Crippen molar-refractivity contribution in [2.24, 2.45) is 0 Å². The Morgan fingerprint density at radius 3 is 3.13 bits per heavy atom. The van der Waals surface area contributed by atoms with Crippen molar-refractivity contribution in [3.05, 3.63) is 29.6 Å². The van der Waals surface area contributed by atoms with E-state index < -0.39 is 0 Å². The van der Waals surface area contributed by atoms with E-state index in [0.717, 1.165) is 17.7 Å². The maximum absolute atomic E-state index is 13.1. The van der Waals surface area contributed by atoms with Gasteiger partial charge in [-0.2, -0.15) is 0 Å². The zero-order chi connectivity index (χ0) is 10.8. The van der Waals surface area contributed by atoms with E-state index in [2.05, 4.69) is 12.2 Å². The molecule has 0 spiro atoms. The van der Waals surface area contributed by atoms with Crippen molar-refractivity contribution in [2.75, 3.05) is 13.7 Å². The second kappa shape index (κ2) is 4.19. The van der Waals surface area contributed by atoms with Gasteiger partial charge in [0, 0.05) is 17.5 Å². The lowest BCUT2D eigenvalue weighted by Crippen LogP contribution is -2.24. The van der Waals surface area contributed by atoms with Gasteiger partial charge in [0.05, 0.1) is 6.61 Å². The van der Waals surface area contributed by atoms with Crippen molar-refractivity contribution in [1.29, 1.82) is 0 Å². The molecule has 2 atom stereocenters. The molecule has 0 bridgehead atoms. The van der Waals surface area contributed by atoms with E-state index in [1.54, 1.807) is 12.1 Å². The standard InChI is InChI=1S/C12H16FNO/c1-8(14-2)5-9-7-15-12-4-3-10(13)6-11(9)12/h3-4,6,8-9,14H,5,7H2,1-2H3. The summed E-state index contributed by atoms with van der Waals surface area (Å²) in [5.74, 6) is 0.976. The Labute approximate surface area is 89.4 Å². The minimum Gasteiger partial charge on any atom is -0.493 e. The van der Waals surface area contributed by atoms with Crippen LogP contribution in [0.2, 0.25) is 0 Å². The molecule has 2 unspecified atom stereocenters. The molecule has 1 aliphatic heterocycles. The van der Waals surface area contributed by atoms with Gasteiger partial charge < -0.3 is 10.1 Å². The highest BCUT2D eigenvalue weighted by Crippen LogP contribution is 2.36. The zero-order valence-corrected chi connectivity index (χ0v) is 9.09. The van der Waals surface area contributed by atoms with Gasteiger partial charge in [-0.1, -0.05) is 0 Å². The molecule has 1 heterocycles. The van der Waals surface area contributed by atoms with Gasteiger partial charge >= 0.3 is 0 Å². The Kier molecular flexibility index (Phi) is 2.91. The summed E-state index contributed by atoms with van der Waals surface area (Å²) in [5.41, 5.74) is 1.01. The minimum absolute atomic E-state index is 0.179. The first-order chi connectivity index (χ1) is 7.20. The Bertz CT molecular complexity index is 353. The maximum Gasteiger partial charge on any atom is 0.123 e. The maximum atomic E-state index is 13.1. The van der Waals surface area contributed by atoms with Gasteiger partial charge in [-0.25, -0.2) is 4.39 Å². The van der Waals surface area contributed by atoms with Crippen LogP contribution in [0, 0.1) is 5.82 Å². The summed E-state index contributed by atoms with van der Waals surface area (Å²) >= 11 is 0. The van der Waals surface area contributed by atoms with Gasteiger partial charge in [0.25, 0.3) is 0 Å². The van der Waals surface area contributed by atoms with Gasteiger partial charge in [0.2, 0.25) is 0 Å². The summed E-state index contributed by atoms with van der Waals surface area (Å²) in [7, 11) is 1.94. The summed E-state index contributed by atoms with van der Waals surface area (Å²) in [5, 5.41) is 3.19. The number of hydrogen-bond donors (Lipinski definition) is 1. The summed E-state index contributed by atoms with van der Waals surface area (Å²) in [6.07, 6.45) is 0.979. The highest BCUT2D eigenvalue weighted by molar-refractivity contribution is 5.40. The molecule has 0 radical (unpaired) electrons. The van der Waals surface area contributed by atoms with Crippen LogP contribution >= 0.6 is 0 Å². The van der Waals surface area contributed by atoms with Crippen LogP contribution in [0.4, 0.5) is 4.39 Å². The molecule has 2 nitrogen and oxygen atoms in total. The Balaban J connectivity index is 2.16.